The third-order valence-corrected chi connectivity index (χ3v) is 11.6. The SMILES string of the molecule is CCCC(=O)O[C@H]1CC[C@@]2(C)C(=CC[C@H]3[C@@H]4C[C@@H]5OC(CC[C@H](C)CNC(C)=O)=C(C)[C@@H]5[C@@]4(C)CC[C@@H]32)C1. The molecule has 0 aromatic rings. The molecule has 0 radical (unpaired) electrons. The van der Waals surface area contributed by atoms with Gasteiger partial charge >= 0.3 is 5.97 Å². The molecule has 5 aliphatic rings. The molecule has 0 spiro atoms. The van der Waals surface area contributed by atoms with Crippen LogP contribution in [0.5, 0.6) is 0 Å². The number of carbonyl (C=O) groups excluding carboxylic acids is 2. The van der Waals surface area contributed by atoms with Gasteiger partial charge in [-0.05, 0) is 98.4 Å². The van der Waals surface area contributed by atoms with E-state index in [1.54, 1.807) is 12.5 Å². The Hall–Kier alpha value is -1.78. The van der Waals surface area contributed by atoms with Crippen LogP contribution in [0.2, 0.25) is 0 Å². The van der Waals surface area contributed by atoms with Crippen LogP contribution in [0.15, 0.2) is 23.0 Å². The number of esters is 1. The Bertz CT molecular complexity index is 999. The fraction of sp³-hybridized carbons (Fsp3) is 0.818. The number of rotatable bonds is 8. The van der Waals surface area contributed by atoms with Crippen molar-refractivity contribution in [2.45, 2.75) is 124 Å². The van der Waals surface area contributed by atoms with Crippen molar-refractivity contribution in [2.24, 2.45) is 40.4 Å². The average Bonchev–Trinajstić information content (AvgIpc) is 3.34. The topological polar surface area (TPSA) is 64.6 Å². The van der Waals surface area contributed by atoms with Gasteiger partial charge in [0.1, 0.15) is 12.2 Å². The van der Waals surface area contributed by atoms with Gasteiger partial charge in [0.05, 0.1) is 5.76 Å². The molecule has 38 heavy (non-hydrogen) atoms. The van der Waals surface area contributed by atoms with Crippen molar-refractivity contribution in [1.82, 2.24) is 5.32 Å². The van der Waals surface area contributed by atoms with E-state index in [1.165, 1.54) is 37.0 Å². The molecule has 5 heteroatoms. The maximum Gasteiger partial charge on any atom is 0.306 e. The molecule has 0 bridgehead atoms. The van der Waals surface area contributed by atoms with E-state index in [0.717, 1.165) is 62.8 Å². The minimum absolute atomic E-state index is 0.0219. The molecule has 212 valence electrons. The summed E-state index contributed by atoms with van der Waals surface area (Å²) < 4.78 is 12.6. The van der Waals surface area contributed by atoms with Gasteiger partial charge in [-0.1, -0.05) is 39.3 Å². The van der Waals surface area contributed by atoms with E-state index >= 15 is 0 Å². The number of hydrogen-bond acceptors (Lipinski definition) is 4. The highest BCUT2D eigenvalue weighted by atomic mass is 16.5. The number of fused-ring (bicyclic) bond motifs is 7. The van der Waals surface area contributed by atoms with Crippen molar-refractivity contribution in [3.05, 3.63) is 23.0 Å². The molecule has 0 aromatic heterocycles. The molecule has 3 fully saturated rings. The van der Waals surface area contributed by atoms with Crippen LogP contribution in [-0.4, -0.2) is 30.6 Å². The lowest BCUT2D eigenvalue weighted by Gasteiger charge is -2.58. The van der Waals surface area contributed by atoms with Gasteiger partial charge in [0.15, 0.2) is 0 Å². The average molecular weight is 526 g/mol. The molecule has 9 atom stereocenters. The van der Waals surface area contributed by atoms with Gasteiger partial charge in [-0.25, -0.2) is 0 Å². The van der Waals surface area contributed by atoms with Crippen molar-refractivity contribution >= 4 is 11.9 Å². The van der Waals surface area contributed by atoms with Crippen LogP contribution < -0.4 is 5.32 Å². The molecule has 0 saturated heterocycles. The lowest BCUT2D eigenvalue weighted by Crippen LogP contribution is -2.50. The minimum Gasteiger partial charge on any atom is -0.494 e. The highest BCUT2D eigenvalue weighted by Crippen LogP contribution is 2.69. The predicted molar refractivity (Wildman–Crippen MR) is 150 cm³/mol. The molecule has 1 N–H and O–H groups in total. The van der Waals surface area contributed by atoms with Gasteiger partial charge in [0.25, 0.3) is 0 Å². The Balaban J connectivity index is 1.26. The summed E-state index contributed by atoms with van der Waals surface area (Å²) in [6.07, 6.45) is 14.5. The summed E-state index contributed by atoms with van der Waals surface area (Å²) >= 11 is 0. The Morgan fingerprint density at radius 3 is 2.74 bits per heavy atom. The van der Waals surface area contributed by atoms with Gasteiger partial charge in [-0.3, -0.25) is 9.59 Å². The predicted octanol–water partition coefficient (Wildman–Crippen LogP) is 7.11. The van der Waals surface area contributed by atoms with Crippen LogP contribution in [0.3, 0.4) is 0 Å². The zero-order valence-electron chi connectivity index (χ0n) is 24.7. The highest BCUT2D eigenvalue weighted by Gasteiger charge is 2.63. The molecular weight excluding hydrogens is 474 g/mol. The normalized spacial score (nSPS) is 40.2. The molecule has 3 saturated carbocycles. The van der Waals surface area contributed by atoms with Crippen LogP contribution in [0, 0.1) is 40.4 Å². The summed E-state index contributed by atoms with van der Waals surface area (Å²) in [7, 11) is 0. The minimum atomic E-state index is -0.0219. The number of nitrogens with one attached hydrogen (secondary N) is 1. The third kappa shape index (κ3) is 4.85. The second-order valence-corrected chi connectivity index (χ2v) is 14.0. The van der Waals surface area contributed by atoms with Crippen molar-refractivity contribution in [3.63, 3.8) is 0 Å². The first-order valence-electron chi connectivity index (χ1n) is 15.6. The molecule has 5 nitrogen and oxygen atoms in total. The summed E-state index contributed by atoms with van der Waals surface area (Å²) in [6.45, 7) is 14.0. The molecule has 0 aromatic carbocycles. The number of ether oxygens (including phenoxy) is 2. The summed E-state index contributed by atoms with van der Waals surface area (Å²) in [4.78, 5) is 23.4. The molecule has 1 aliphatic heterocycles. The fourth-order valence-electron chi connectivity index (χ4n) is 9.56. The zero-order valence-corrected chi connectivity index (χ0v) is 24.7. The summed E-state index contributed by atoms with van der Waals surface area (Å²) in [6, 6.07) is 0. The van der Waals surface area contributed by atoms with Crippen LogP contribution in [0.1, 0.15) is 112 Å². The molecule has 1 heterocycles. The van der Waals surface area contributed by atoms with E-state index in [4.69, 9.17) is 9.47 Å². The first-order chi connectivity index (χ1) is 18.1. The Labute approximate surface area is 230 Å². The van der Waals surface area contributed by atoms with Crippen LogP contribution in [-0.2, 0) is 19.1 Å². The summed E-state index contributed by atoms with van der Waals surface area (Å²) in [5.41, 5.74) is 3.67. The lowest BCUT2D eigenvalue weighted by atomic mass is 9.47. The second-order valence-electron chi connectivity index (χ2n) is 14.0. The maximum atomic E-state index is 12.1. The highest BCUT2D eigenvalue weighted by molar-refractivity contribution is 5.72. The van der Waals surface area contributed by atoms with Gasteiger partial charge in [0, 0.05) is 38.6 Å². The second kappa shape index (κ2) is 10.7. The smallest absolute Gasteiger partial charge is 0.306 e. The van der Waals surface area contributed by atoms with Crippen molar-refractivity contribution in [2.75, 3.05) is 6.54 Å². The molecule has 1 amide bonds. The molecular formula is C33H51NO4. The van der Waals surface area contributed by atoms with Gasteiger partial charge in [-0.2, -0.15) is 0 Å². The Morgan fingerprint density at radius 2 is 2.00 bits per heavy atom. The standard InChI is InChI=1S/C33H51NO4/c1-7-8-30(36)37-24-13-15-32(5)23(17-24)10-11-25-26(32)14-16-33(6)27(25)18-29-31(33)21(3)28(38-29)12-9-20(2)19-34-22(4)35/h10,20,24-27,29,31H,7-9,11-19H2,1-6H3,(H,34,35)/t20-,24-,25+,26-,27-,29-,31-,32-,33-/m0/s1. The van der Waals surface area contributed by atoms with E-state index in [0.29, 0.717) is 29.8 Å². The zero-order chi connectivity index (χ0) is 27.2. The van der Waals surface area contributed by atoms with E-state index in [1.807, 2.05) is 6.92 Å². The number of hydrogen-bond donors (Lipinski definition) is 1. The molecule has 0 unspecified atom stereocenters. The van der Waals surface area contributed by atoms with E-state index in [-0.39, 0.29) is 23.4 Å². The summed E-state index contributed by atoms with van der Waals surface area (Å²) in [5.74, 6) is 4.49. The van der Waals surface area contributed by atoms with Crippen LogP contribution in [0.25, 0.3) is 0 Å². The van der Waals surface area contributed by atoms with E-state index < -0.39 is 0 Å². The fourth-order valence-corrected chi connectivity index (χ4v) is 9.56. The largest absolute Gasteiger partial charge is 0.494 e. The van der Waals surface area contributed by atoms with E-state index in [9.17, 15) is 9.59 Å². The number of amides is 1. The van der Waals surface area contributed by atoms with Crippen molar-refractivity contribution in [1.29, 1.82) is 0 Å². The maximum absolute atomic E-state index is 12.1. The van der Waals surface area contributed by atoms with Crippen LogP contribution in [0.4, 0.5) is 0 Å². The van der Waals surface area contributed by atoms with Gasteiger partial charge in [0.2, 0.25) is 5.91 Å². The third-order valence-electron chi connectivity index (χ3n) is 11.6. The first-order valence-corrected chi connectivity index (χ1v) is 15.6. The van der Waals surface area contributed by atoms with Gasteiger partial charge < -0.3 is 14.8 Å². The van der Waals surface area contributed by atoms with Crippen molar-refractivity contribution < 1.29 is 19.1 Å². The van der Waals surface area contributed by atoms with Gasteiger partial charge in [-0.15, -0.1) is 0 Å². The lowest BCUT2D eigenvalue weighted by molar-refractivity contribution is -0.151. The Morgan fingerprint density at radius 1 is 1.21 bits per heavy atom. The molecule has 4 aliphatic carbocycles. The first kappa shape index (κ1) is 27.8. The monoisotopic (exact) mass is 525 g/mol. The quantitative estimate of drug-likeness (QED) is 0.271. The van der Waals surface area contributed by atoms with Crippen molar-refractivity contribution in [3.8, 4) is 0 Å². The Kier molecular flexibility index (Phi) is 7.79. The number of carbonyl (C=O) groups is 2. The molecule has 5 rings (SSSR count). The van der Waals surface area contributed by atoms with Crippen LogP contribution >= 0.6 is 0 Å². The van der Waals surface area contributed by atoms with E-state index in [2.05, 4.69) is 39.1 Å². The number of allylic oxidation sites excluding steroid dienone is 2. The summed E-state index contributed by atoms with van der Waals surface area (Å²) in [5, 5.41) is 2.96.